The molecule has 1 aliphatic rings. The minimum atomic E-state index is -0.0327. The molecule has 0 bridgehead atoms. The molecule has 21 heavy (non-hydrogen) atoms. The number of benzene rings is 1. The molecule has 116 valence electrons. The van der Waals surface area contributed by atoms with Gasteiger partial charge in [0, 0.05) is 32.3 Å². The molecule has 0 saturated carbocycles. The highest BCUT2D eigenvalue weighted by atomic mass is 16.5. The van der Waals surface area contributed by atoms with Crippen LogP contribution < -0.4 is 5.32 Å². The molecule has 0 radical (unpaired) electrons. The van der Waals surface area contributed by atoms with Gasteiger partial charge in [0.15, 0.2) is 0 Å². The number of amides is 1. The first kappa shape index (κ1) is 16.0. The van der Waals surface area contributed by atoms with E-state index >= 15 is 0 Å². The Balaban J connectivity index is 1.84. The lowest BCUT2D eigenvalue weighted by Crippen LogP contribution is -2.39. The van der Waals surface area contributed by atoms with Gasteiger partial charge in [-0.05, 0) is 43.5 Å². The number of hydrogen-bond donors (Lipinski definition) is 1. The molecule has 4 nitrogen and oxygen atoms in total. The smallest absolute Gasteiger partial charge is 0.221 e. The fourth-order valence-corrected chi connectivity index (χ4v) is 2.73. The van der Waals surface area contributed by atoms with Crippen LogP contribution >= 0.6 is 0 Å². The lowest BCUT2D eigenvalue weighted by atomic mass is 10.1. The van der Waals surface area contributed by atoms with E-state index < -0.39 is 0 Å². The Morgan fingerprint density at radius 3 is 2.81 bits per heavy atom. The fourth-order valence-electron chi connectivity index (χ4n) is 2.73. The van der Waals surface area contributed by atoms with E-state index in [2.05, 4.69) is 29.3 Å². The predicted octanol–water partition coefficient (Wildman–Crippen LogP) is 3.04. The molecule has 1 heterocycles. The Bertz CT molecular complexity index is 445. The molecule has 0 spiro atoms. The van der Waals surface area contributed by atoms with Crippen LogP contribution in [0.2, 0.25) is 0 Å². The Morgan fingerprint density at radius 2 is 2.14 bits per heavy atom. The summed E-state index contributed by atoms with van der Waals surface area (Å²) in [6, 6.07) is 8.10. The number of nitrogens with zero attached hydrogens (tertiary/aromatic N) is 1. The van der Waals surface area contributed by atoms with Gasteiger partial charge in [-0.2, -0.15) is 0 Å². The summed E-state index contributed by atoms with van der Waals surface area (Å²) in [5.74, 6) is -0.0327. The third-order valence-corrected chi connectivity index (χ3v) is 3.70. The van der Waals surface area contributed by atoms with Crippen molar-refractivity contribution in [2.75, 3.05) is 25.0 Å². The van der Waals surface area contributed by atoms with Crippen molar-refractivity contribution in [3.8, 4) is 0 Å². The number of piperidine rings is 1. The van der Waals surface area contributed by atoms with Crippen molar-refractivity contribution in [1.29, 1.82) is 0 Å². The molecule has 1 aromatic rings. The first-order valence-electron chi connectivity index (χ1n) is 7.88. The highest BCUT2D eigenvalue weighted by Crippen LogP contribution is 2.17. The topological polar surface area (TPSA) is 41.6 Å². The van der Waals surface area contributed by atoms with E-state index in [1.54, 1.807) is 0 Å². The molecule has 2 rings (SSSR count). The second-order valence-electron chi connectivity index (χ2n) is 5.75. The summed E-state index contributed by atoms with van der Waals surface area (Å²) in [5, 5.41) is 2.79. The first-order valence-corrected chi connectivity index (χ1v) is 7.88. The maximum Gasteiger partial charge on any atom is 0.221 e. The average Bonchev–Trinajstić information content (AvgIpc) is 2.47. The summed E-state index contributed by atoms with van der Waals surface area (Å²) in [7, 11) is 0. The quantitative estimate of drug-likeness (QED) is 0.875. The molecule has 1 atom stereocenters. The van der Waals surface area contributed by atoms with Crippen LogP contribution in [0.15, 0.2) is 24.3 Å². The number of hydrogen-bond acceptors (Lipinski definition) is 3. The lowest BCUT2D eigenvalue weighted by molar-refractivity contribution is -0.114. The summed E-state index contributed by atoms with van der Waals surface area (Å²) >= 11 is 0. The van der Waals surface area contributed by atoms with Gasteiger partial charge in [0.05, 0.1) is 6.10 Å². The molecule has 0 unspecified atom stereocenters. The van der Waals surface area contributed by atoms with Crippen LogP contribution in [0.5, 0.6) is 0 Å². The van der Waals surface area contributed by atoms with Crippen molar-refractivity contribution in [2.24, 2.45) is 0 Å². The fraction of sp³-hybridized carbons (Fsp3) is 0.588. The molecular weight excluding hydrogens is 264 g/mol. The van der Waals surface area contributed by atoms with Gasteiger partial charge in [0.25, 0.3) is 0 Å². The predicted molar refractivity (Wildman–Crippen MR) is 85.3 cm³/mol. The van der Waals surface area contributed by atoms with Crippen LogP contribution in [-0.4, -0.2) is 36.6 Å². The van der Waals surface area contributed by atoms with E-state index in [1.165, 1.54) is 25.3 Å². The molecule has 1 fully saturated rings. The van der Waals surface area contributed by atoms with Crippen molar-refractivity contribution in [3.05, 3.63) is 29.8 Å². The number of rotatable bonds is 6. The Morgan fingerprint density at radius 1 is 1.38 bits per heavy atom. The number of carbonyl (C=O) groups is 1. The van der Waals surface area contributed by atoms with Gasteiger partial charge < -0.3 is 10.1 Å². The summed E-state index contributed by atoms with van der Waals surface area (Å²) < 4.78 is 5.87. The zero-order chi connectivity index (χ0) is 15.1. The maximum absolute atomic E-state index is 11.0. The summed E-state index contributed by atoms with van der Waals surface area (Å²) in [5.41, 5.74) is 2.13. The zero-order valence-electron chi connectivity index (χ0n) is 13.1. The largest absolute Gasteiger partial charge is 0.377 e. The van der Waals surface area contributed by atoms with Gasteiger partial charge in [-0.15, -0.1) is 0 Å². The van der Waals surface area contributed by atoms with Crippen LogP contribution in [0.3, 0.4) is 0 Å². The van der Waals surface area contributed by atoms with Gasteiger partial charge in [0.1, 0.15) is 0 Å². The van der Waals surface area contributed by atoms with Crippen LogP contribution in [-0.2, 0) is 16.1 Å². The monoisotopic (exact) mass is 290 g/mol. The molecular formula is C17H26N2O2. The molecule has 1 aliphatic heterocycles. The molecule has 1 saturated heterocycles. The van der Waals surface area contributed by atoms with Crippen LogP contribution in [0.25, 0.3) is 0 Å². The first-order chi connectivity index (χ1) is 10.2. The average molecular weight is 290 g/mol. The SMILES string of the molecule is CCCO[C@H]1CCCN(Cc2ccc(NC(C)=O)cc2)C1. The van der Waals surface area contributed by atoms with E-state index in [9.17, 15) is 4.79 Å². The number of ether oxygens (including phenoxy) is 1. The molecule has 1 amide bonds. The minimum Gasteiger partial charge on any atom is -0.377 e. The molecule has 1 aromatic carbocycles. The highest BCUT2D eigenvalue weighted by molar-refractivity contribution is 5.88. The van der Waals surface area contributed by atoms with Crippen molar-refractivity contribution in [1.82, 2.24) is 4.90 Å². The summed E-state index contributed by atoms with van der Waals surface area (Å²) in [4.78, 5) is 13.5. The van der Waals surface area contributed by atoms with E-state index in [1.807, 2.05) is 12.1 Å². The number of anilines is 1. The van der Waals surface area contributed by atoms with E-state index in [0.29, 0.717) is 6.10 Å². The lowest BCUT2D eigenvalue weighted by Gasteiger charge is -2.32. The summed E-state index contributed by atoms with van der Waals surface area (Å²) in [6.45, 7) is 7.65. The Kier molecular flexibility index (Phi) is 6.21. The molecule has 4 heteroatoms. The number of carbonyl (C=O) groups excluding carboxylic acids is 1. The van der Waals surface area contributed by atoms with Crippen LogP contribution in [0.4, 0.5) is 5.69 Å². The number of likely N-dealkylation sites (tertiary alicyclic amines) is 1. The highest BCUT2D eigenvalue weighted by Gasteiger charge is 2.20. The van der Waals surface area contributed by atoms with Gasteiger partial charge >= 0.3 is 0 Å². The second kappa shape index (κ2) is 8.15. The molecule has 0 aliphatic carbocycles. The van der Waals surface area contributed by atoms with Crippen LogP contribution in [0, 0.1) is 0 Å². The Hall–Kier alpha value is -1.39. The molecule has 0 aromatic heterocycles. The second-order valence-corrected chi connectivity index (χ2v) is 5.75. The normalized spacial score (nSPS) is 19.4. The number of nitrogens with one attached hydrogen (secondary N) is 1. The van der Waals surface area contributed by atoms with Crippen LogP contribution in [0.1, 0.15) is 38.7 Å². The van der Waals surface area contributed by atoms with Gasteiger partial charge in [-0.1, -0.05) is 19.1 Å². The van der Waals surface area contributed by atoms with Crippen molar-refractivity contribution >= 4 is 11.6 Å². The standard InChI is InChI=1S/C17H26N2O2/c1-3-11-21-17-5-4-10-19(13-17)12-15-6-8-16(9-7-15)18-14(2)20/h6-9,17H,3-5,10-13H2,1-2H3,(H,18,20)/t17-/m0/s1. The minimum absolute atomic E-state index is 0.0327. The van der Waals surface area contributed by atoms with Gasteiger partial charge in [-0.3, -0.25) is 9.69 Å². The zero-order valence-corrected chi connectivity index (χ0v) is 13.1. The van der Waals surface area contributed by atoms with Crippen molar-refractivity contribution < 1.29 is 9.53 Å². The van der Waals surface area contributed by atoms with E-state index in [4.69, 9.17) is 4.74 Å². The third kappa shape index (κ3) is 5.48. The molecule has 1 N–H and O–H groups in total. The van der Waals surface area contributed by atoms with E-state index in [0.717, 1.165) is 38.3 Å². The van der Waals surface area contributed by atoms with Crippen molar-refractivity contribution in [2.45, 2.75) is 45.8 Å². The van der Waals surface area contributed by atoms with Gasteiger partial charge in [-0.25, -0.2) is 0 Å². The van der Waals surface area contributed by atoms with Gasteiger partial charge in [0.2, 0.25) is 5.91 Å². The van der Waals surface area contributed by atoms with E-state index in [-0.39, 0.29) is 5.91 Å². The third-order valence-electron chi connectivity index (χ3n) is 3.70. The Labute approximate surface area is 127 Å². The maximum atomic E-state index is 11.0. The van der Waals surface area contributed by atoms with Crippen molar-refractivity contribution in [3.63, 3.8) is 0 Å². The summed E-state index contributed by atoms with van der Waals surface area (Å²) in [6.07, 6.45) is 3.86.